The molecule has 0 unspecified atom stereocenters. The number of rotatable bonds is 5. The number of carbonyl (C=O) groups excluding carboxylic acids is 1. The maximum atomic E-state index is 12.4. The number of aromatic nitrogens is 2. The first kappa shape index (κ1) is 17.1. The fourth-order valence-electron chi connectivity index (χ4n) is 2.50. The summed E-state index contributed by atoms with van der Waals surface area (Å²) in [4.78, 5) is 17.2. The second kappa shape index (κ2) is 7.92. The van der Waals surface area contributed by atoms with Gasteiger partial charge in [-0.05, 0) is 25.1 Å². The van der Waals surface area contributed by atoms with E-state index in [1.54, 1.807) is 12.1 Å². The largest absolute Gasteiger partial charge is 0.475 e. The van der Waals surface area contributed by atoms with Gasteiger partial charge in [-0.15, -0.1) is 16.4 Å². The van der Waals surface area contributed by atoms with Gasteiger partial charge in [0, 0.05) is 38.8 Å². The van der Waals surface area contributed by atoms with Crippen LogP contribution < -0.4 is 4.74 Å². The number of hydrogen-bond acceptors (Lipinski definition) is 6. The van der Waals surface area contributed by atoms with E-state index in [-0.39, 0.29) is 5.91 Å². The Morgan fingerprint density at radius 1 is 1.21 bits per heavy atom. The SMILES string of the molecule is Cc1ccc(OCCN2CCN(C(=O)c3ccc(Cl)s3)CC2)nn1. The van der Waals surface area contributed by atoms with Gasteiger partial charge in [0.15, 0.2) is 0 Å². The van der Waals surface area contributed by atoms with Crippen LogP contribution in [0.15, 0.2) is 24.3 Å². The Labute approximate surface area is 150 Å². The molecular weight excluding hydrogens is 348 g/mol. The minimum atomic E-state index is 0.0673. The van der Waals surface area contributed by atoms with Crippen molar-refractivity contribution in [2.45, 2.75) is 6.92 Å². The minimum Gasteiger partial charge on any atom is -0.475 e. The zero-order valence-electron chi connectivity index (χ0n) is 13.4. The van der Waals surface area contributed by atoms with E-state index in [9.17, 15) is 4.79 Å². The highest BCUT2D eigenvalue weighted by Crippen LogP contribution is 2.23. The van der Waals surface area contributed by atoms with Crippen LogP contribution in [0, 0.1) is 6.92 Å². The lowest BCUT2D eigenvalue weighted by molar-refractivity contribution is 0.0624. The number of hydrogen-bond donors (Lipinski definition) is 0. The molecule has 2 aromatic heterocycles. The summed E-state index contributed by atoms with van der Waals surface area (Å²) in [6, 6.07) is 7.26. The zero-order valence-corrected chi connectivity index (χ0v) is 15.0. The molecule has 1 amide bonds. The summed E-state index contributed by atoms with van der Waals surface area (Å²) in [6.45, 7) is 6.38. The van der Waals surface area contributed by atoms with E-state index >= 15 is 0 Å². The van der Waals surface area contributed by atoms with Gasteiger partial charge in [0.1, 0.15) is 6.61 Å². The van der Waals surface area contributed by atoms with E-state index in [1.165, 1.54) is 11.3 Å². The van der Waals surface area contributed by atoms with Crippen LogP contribution in [0.25, 0.3) is 0 Å². The monoisotopic (exact) mass is 366 g/mol. The van der Waals surface area contributed by atoms with Crippen molar-refractivity contribution in [2.24, 2.45) is 0 Å². The van der Waals surface area contributed by atoms with E-state index in [1.807, 2.05) is 24.0 Å². The van der Waals surface area contributed by atoms with Crippen LogP contribution in [0.1, 0.15) is 15.4 Å². The van der Waals surface area contributed by atoms with E-state index in [2.05, 4.69) is 15.1 Å². The maximum absolute atomic E-state index is 12.4. The highest BCUT2D eigenvalue weighted by molar-refractivity contribution is 7.17. The molecule has 2 aromatic rings. The number of aryl methyl sites for hydroxylation is 1. The molecule has 0 spiro atoms. The third-order valence-corrected chi connectivity index (χ3v) is 5.09. The topological polar surface area (TPSA) is 58.6 Å². The van der Waals surface area contributed by atoms with Crippen molar-refractivity contribution in [1.29, 1.82) is 0 Å². The molecule has 0 atom stereocenters. The highest BCUT2D eigenvalue weighted by Gasteiger charge is 2.23. The lowest BCUT2D eigenvalue weighted by atomic mass is 10.3. The summed E-state index contributed by atoms with van der Waals surface area (Å²) in [5.41, 5.74) is 0.871. The second-order valence-electron chi connectivity index (χ2n) is 5.60. The molecule has 1 fully saturated rings. The number of thiophene rings is 1. The zero-order chi connectivity index (χ0) is 16.9. The van der Waals surface area contributed by atoms with Crippen LogP contribution in [-0.4, -0.2) is 65.2 Å². The Morgan fingerprint density at radius 3 is 2.62 bits per heavy atom. The summed E-state index contributed by atoms with van der Waals surface area (Å²) in [6.07, 6.45) is 0. The molecule has 0 saturated carbocycles. The van der Waals surface area contributed by atoms with E-state index in [4.69, 9.17) is 16.3 Å². The fraction of sp³-hybridized carbons (Fsp3) is 0.438. The molecule has 128 valence electrons. The van der Waals surface area contributed by atoms with Crippen molar-refractivity contribution in [3.8, 4) is 5.88 Å². The van der Waals surface area contributed by atoms with Gasteiger partial charge in [-0.1, -0.05) is 11.6 Å². The van der Waals surface area contributed by atoms with Gasteiger partial charge in [0.2, 0.25) is 5.88 Å². The van der Waals surface area contributed by atoms with Crippen LogP contribution in [-0.2, 0) is 0 Å². The van der Waals surface area contributed by atoms with Crippen LogP contribution in [0.3, 0.4) is 0 Å². The van der Waals surface area contributed by atoms with Crippen LogP contribution in [0.5, 0.6) is 5.88 Å². The lowest BCUT2D eigenvalue weighted by Gasteiger charge is -2.34. The average molecular weight is 367 g/mol. The van der Waals surface area contributed by atoms with Crippen LogP contribution >= 0.6 is 22.9 Å². The highest BCUT2D eigenvalue weighted by atomic mass is 35.5. The minimum absolute atomic E-state index is 0.0673. The van der Waals surface area contributed by atoms with Gasteiger partial charge in [-0.2, -0.15) is 5.10 Å². The number of piperazine rings is 1. The summed E-state index contributed by atoms with van der Waals surface area (Å²) in [5.74, 6) is 0.613. The molecule has 1 saturated heterocycles. The molecular formula is C16H19ClN4O2S. The first-order chi connectivity index (χ1) is 11.6. The number of ether oxygens (including phenoxy) is 1. The molecule has 6 nitrogen and oxygen atoms in total. The third kappa shape index (κ3) is 4.43. The van der Waals surface area contributed by atoms with Gasteiger partial charge in [-0.25, -0.2) is 0 Å². The number of halogens is 1. The van der Waals surface area contributed by atoms with Crippen molar-refractivity contribution in [1.82, 2.24) is 20.0 Å². The van der Waals surface area contributed by atoms with Gasteiger partial charge >= 0.3 is 0 Å². The Balaban J connectivity index is 1.40. The predicted octanol–water partition coefficient (Wildman–Crippen LogP) is 2.34. The van der Waals surface area contributed by atoms with Crippen LogP contribution in [0.2, 0.25) is 4.34 Å². The first-order valence-electron chi connectivity index (χ1n) is 7.82. The summed E-state index contributed by atoms with van der Waals surface area (Å²) in [7, 11) is 0. The quantitative estimate of drug-likeness (QED) is 0.812. The summed E-state index contributed by atoms with van der Waals surface area (Å²) in [5, 5.41) is 7.94. The molecule has 1 aliphatic rings. The van der Waals surface area contributed by atoms with Gasteiger partial charge in [-0.3, -0.25) is 9.69 Å². The average Bonchev–Trinajstić information content (AvgIpc) is 3.03. The number of carbonyl (C=O) groups is 1. The molecule has 3 rings (SSSR count). The number of nitrogens with zero attached hydrogens (tertiary/aromatic N) is 4. The van der Waals surface area contributed by atoms with Gasteiger partial charge in [0.25, 0.3) is 5.91 Å². The molecule has 0 aliphatic carbocycles. The van der Waals surface area contributed by atoms with Crippen molar-refractivity contribution in [3.63, 3.8) is 0 Å². The molecule has 0 bridgehead atoms. The van der Waals surface area contributed by atoms with Crippen molar-refractivity contribution >= 4 is 28.8 Å². The lowest BCUT2D eigenvalue weighted by Crippen LogP contribution is -2.49. The molecule has 0 radical (unpaired) electrons. The first-order valence-corrected chi connectivity index (χ1v) is 9.01. The predicted molar refractivity (Wildman–Crippen MR) is 93.9 cm³/mol. The van der Waals surface area contributed by atoms with Crippen LogP contribution in [0.4, 0.5) is 0 Å². The normalized spacial score (nSPS) is 15.5. The molecule has 1 aliphatic heterocycles. The molecule has 24 heavy (non-hydrogen) atoms. The molecule has 8 heteroatoms. The standard InChI is InChI=1S/C16H19ClN4O2S/c1-12-2-5-15(19-18-12)23-11-10-20-6-8-21(9-7-20)16(22)13-3-4-14(17)24-13/h2-5H,6-11H2,1H3. The van der Waals surface area contributed by atoms with Crippen molar-refractivity contribution < 1.29 is 9.53 Å². The smallest absolute Gasteiger partial charge is 0.264 e. The van der Waals surface area contributed by atoms with Gasteiger partial charge in [0.05, 0.1) is 14.9 Å². The van der Waals surface area contributed by atoms with Gasteiger partial charge < -0.3 is 9.64 Å². The summed E-state index contributed by atoms with van der Waals surface area (Å²) >= 11 is 7.23. The van der Waals surface area contributed by atoms with E-state index in [0.717, 1.165) is 38.4 Å². The fourth-order valence-corrected chi connectivity index (χ4v) is 3.51. The summed E-state index contributed by atoms with van der Waals surface area (Å²) < 4.78 is 6.25. The van der Waals surface area contributed by atoms with Crippen molar-refractivity contribution in [2.75, 3.05) is 39.3 Å². The van der Waals surface area contributed by atoms with Crippen molar-refractivity contribution in [3.05, 3.63) is 39.2 Å². The number of amides is 1. The Bertz CT molecular complexity index is 684. The molecule has 3 heterocycles. The maximum Gasteiger partial charge on any atom is 0.264 e. The third-order valence-electron chi connectivity index (χ3n) is 3.87. The molecule has 0 aromatic carbocycles. The second-order valence-corrected chi connectivity index (χ2v) is 7.31. The Kier molecular flexibility index (Phi) is 5.65. The Hall–Kier alpha value is -1.70. The van der Waals surface area contributed by atoms with E-state index < -0.39 is 0 Å². The van der Waals surface area contributed by atoms with E-state index in [0.29, 0.717) is 21.7 Å². The molecule has 0 N–H and O–H groups in total. The Morgan fingerprint density at radius 2 is 2.00 bits per heavy atom.